The van der Waals surface area contributed by atoms with Crippen LogP contribution in [0.5, 0.6) is 10.8 Å². The first-order valence-electron chi connectivity index (χ1n) is 6.86. The molecule has 126 valence electrons. The van der Waals surface area contributed by atoms with E-state index >= 15 is 0 Å². The number of hydrogen-bond acceptors (Lipinski definition) is 4. The predicted octanol–water partition coefficient (Wildman–Crippen LogP) is 4.96. The Hall–Kier alpha value is -2.12. The Kier molecular flexibility index (Phi) is 4.47. The largest absolute Gasteiger partial charge is 0.495 e. The summed E-state index contributed by atoms with van der Waals surface area (Å²) in [5.74, 6) is 0.176. The highest BCUT2D eigenvalue weighted by atomic mass is 35.5. The first kappa shape index (κ1) is 16.7. The van der Waals surface area contributed by atoms with Crippen molar-refractivity contribution in [2.45, 2.75) is 13.5 Å². The number of rotatable bonds is 4. The maximum atomic E-state index is 12.8. The lowest BCUT2D eigenvalue weighted by atomic mass is 10.2. The molecule has 0 atom stereocenters. The number of halogens is 3. The molecule has 8 heteroatoms. The minimum Gasteiger partial charge on any atom is -0.495 e. The molecule has 0 spiro atoms. The van der Waals surface area contributed by atoms with Gasteiger partial charge in [0.15, 0.2) is 5.06 Å². The number of carbonyl (C=O) groups excluding carboxylic acids is 1. The fourth-order valence-electron chi connectivity index (χ4n) is 2.48. The SMILES string of the molecule is COc1ccc2c(cc(C)n2C(=O)c2ccc(OC(F)F)s2)c1Cl. The lowest BCUT2D eigenvalue weighted by Gasteiger charge is -2.07. The zero-order valence-corrected chi connectivity index (χ0v) is 14.3. The van der Waals surface area contributed by atoms with Gasteiger partial charge in [-0.2, -0.15) is 8.78 Å². The van der Waals surface area contributed by atoms with E-state index in [1.165, 1.54) is 23.8 Å². The Bertz CT molecular complexity index is 920. The van der Waals surface area contributed by atoms with Gasteiger partial charge in [0.2, 0.25) is 0 Å². The van der Waals surface area contributed by atoms with E-state index in [-0.39, 0.29) is 15.8 Å². The van der Waals surface area contributed by atoms with Crippen LogP contribution in [0, 0.1) is 6.92 Å². The number of carbonyl (C=O) groups is 1. The maximum absolute atomic E-state index is 12.8. The molecule has 2 aromatic heterocycles. The van der Waals surface area contributed by atoms with Crippen LogP contribution in [0.1, 0.15) is 15.4 Å². The fraction of sp³-hybridized carbons (Fsp3) is 0.188. The third-order valence-electron chi connectivity index (χ3n) is 3.49. The van der Waals surface area contributed by atoms with Gasteiger partial charge in [-0.1, -0.05) is 22.9 Å². The number of ether oxygens (including phenoxy) is 2. The van der Waals surface area contributed by atoms with Crippen molar-refractivity contribution in [1.29, 1.82) is 0 Å². The van der Waals surface area contributed by atoms with Gasteiger partial charge in [-0.25, -0.2) is 0 Å². The summed E-state index contributed by atoms with van der Waals surface area (Å²) in [5.41, 5.74) is 1.29. The van der Waals surface area contributed by atoms with E-state index in [0.717, 1.165) is 11.3 Å². The Morgan fingerprint density at radius 1 is 1.29 bits per heavy atom. The zero-order valence-electron chi connectivity index (χ0n) is 12.7. The fourth-order valence-corrected chi connectivity index (χ4v) is 3.56. The molecule has 0 saturated carbocycles. The third-order valence-corrected chi connectivity index (χ3v) is 4.84. The molecule has 24 heavy (non-hydrogen) atoms. The van der Waals surface area contributed by atoms with Gasteiger partial charge >= 0.3 is 6.61 Å². The summed E-state index contributed by atoms with van der Waals surface area (Å²) < 4.78 is 35.5. The Balaban J connectivity index is 2.05. The number of nitrogens with zero attached hydrogens (tertiary/aromatic N) is 1. The van der Waals surface area contributed by atoms with Crippen molar-refractivity contribution >= 4 is 39.7 Å². The van der Waals surface area contributed by atoms with Gasteiger partial charge in [-0.3, -0.25) is 9.36 Å². The lowest BCUT2D eigenvalue weighted by Crippen LogP contribution is -2.11. The van der Waals surface area contributed by atoms with Crippen LogP contribution in [0.3, 0.4) is 0 Å². The van der Waals surface area contributed by atoms with Gasteiger partial charge in [0.05, 0.1) is 22.5 Å². The molecule has 1 aromatic carbocycles. The van der Waals surface area contributed by atoms with Crippen molar-refractivity contribution in [1.82, 2.24) is 4.57 Å². The molecular weight excluding hydrogens is 360 g/mol. The van der Waals surface area contributed by atoms with E-state index in [1.807, 2.05) is 0 Å². The van der Waals surface area contributed by atoms with E-state index in [0.29, 0.717) is 27.4 Å². The molecular formula is C16H12ClF2NO3S. The molecule has 0 amide bonds. The number of thiophene rings is 1. The molecule has 3 rings (SSSR count). The Morgan fingerprint density at radius 2 is 2.04 bits per heavy atom. The van der Waals surface area contributed by atoms with Gasteiger partial charge < -0.3 is 9.47 Å². The van der Waals surface area contributed by atoms with Crippen molar-refractivity contribution in [2.75, 3.05) is 7.11 Å². The van der Waals surface area contributed by atoms with E-state index in [9.17, 15) is 13.6 Å². The summed E-state index contributed by atoms with van der Waals surface area (Å²) in [7, 11) is 1.51. The smallest absolute Gasteiger partial charge is 0.388 e. The molecule has 0 aliphatic rings. The lowest BCUT2D eigenvalue weighted by molar-refractivity contribution is -0.0472. The highest BCUT2D eigenvalue weighted by molar-refractivity contribution is 7.15. The molecule has 0 bridgehead atoms. The Morgan fingerprint density at radius 3 is 2.71 bits per heavy atom. The van der Waals surface area contributed by atoms with Crippen LogP contribution < -0.4 is 9.47 Å². The summed E-state index contributed by atoms with van der Waals surface area (Å²) in [6, 6.07) is 7.99. The molecule has 0 fully saturated rings. The van der Waals surface area contributed by atoms with Crippen molar-refractivity contribution in [3.63, 3.8) is 0 Å². The maximum Gasteiger partial charge on any atom is 0.388 e. The van der Waals surface area contributed by atoms with Crippen molar-refractivity contribution in [3.05, 3.63) is 45.9 Å². The predicted molar refractivity (Wildman–Crippen MR) is 88.9 cm³/mol. The minimum absolute atomic E-state index is 0.0119. The van der Waals surface area contributed by atoms with E-state index in [1.54, 1.807) is 25.1 Å². The van der Waals surface area contributed by atoms with Crippen LogP contribution in [0.15, 0.2) is 30.3 Å². The summed E-state index contributed by atoms with van der Waals surface area (Å²) >= 11 is 7.16. The topological polar surface area (TPSA) is 40.5 Å². The zero-order chi connectivity index (χ0) is 17.4. The standard InChI is InChI=1S/C16H12ClF2NO3S/c1-8-7-9-10(3-4-11(22-2)14(9)17)20(8)15(21)12-5-6-13(24-12)23-16(18)19/h3-7,16H,1-2H3. The second-order valence-corrected chi connectivity index (χ2v) is 6.36. The molecule has 2 heterocycles. The molecule has 0 radical (unpaired) electrons. The molecule has 4 nitrogen and oxygen atoms in total. The molecule has 0 aliphatic carbocycles. The number of aromatic nitrogens is 1. The van der Waals surface area contributed by atoms with Crippen molar-refractivity contribution in [2.24, 2.45) is 0 Å². The highest BCUT2D eigenvalue weighted by Crippen LogP contribution is 2.35. The Labute approximate surface area is 145 Å². The monoisotopic (exact) mass is 371 g/mol. The van der Waals surface area contributed by atoms with E-state index < -0.39 is 6.61 Å². The van der Waals surface area contributed by atoms with Gasteiger partial charge in [-0.05, 0) is 37.3 Å². The number of fused-ring (bicyclic) bond motifs is 1. The van der Waals surface area contributed by atoms with Crippen LogP contribution in [-0.2, 0) is 0 Å². The van der Waals surface area contributed by atoms with Crippen molar-refractivity contribution in [3.8, 4) is 10.8 Å². The van der Waals surface area contributed by atoms with E-state index in [2.05, 4.69) is 4.74 Å². The summed E-state index contributed by atoms with van der Waals surface area (Å²) in [6.07, 6.45) is 0. The van der Waals surface area contributed by atoms with Crippen molar-refractivity contribution < 1.29 is 23.0 Å². The molecule has 0 saturated heterocycles. The second kappa shape index (κ2) is 6.41. The number of alkyl halides is 2. The number of hydrogen-bond donors (Lipinski definition) is 0. The first-order valence-corrected chi connectivity index (χ1v) is 8.05. The summed E-state index contributed by atoms with van der Waals surface area (Å²) in [6.45, 7) is -1.16. The average Bonchev–Trinajstić information content (AvgIpc) is 3.11. The first-order chi connectivity index (χ1) is 11.4. The highest BCUT2D eigenvalue weighted by Gasteiger charge is 2.20. The van der Waals surface area contributed by atoms with Crippen LogP contribution >= 0.6 is 22.9 Å². The molecule has 0 N–H and O–H groups in total. The van der Waals surface area contributed by atoms with Crippen LogP contribution in [0.4, 0.5) is 8.78 Å². The molecule has 0 unspecified atom stereocenters. The summed E-state index contributed by atoms with van der Waals surface area (Å²) in [5, 5.41) is 1.09. The number of aryl methyl sites for hydroxylation is 1. The molecule has 3 aromatic rings. The number of methoxy groups -OCH3 is 1. The van der Waals surface area contributed by atoms with Crippen LogP contribution in [0.25, 0.3) is 10.9 Å². The minimum atomic E-state index is -2.92. The van der Waals surface area contributed by atoms with Gasteiger partial charge in [0.1, 0.15) is 5.75 Å². The summed E-state index contributed by atoms with van der Waals surface area (Å²) in [4.78, 5) is 13.1. The van der Waals surface area contributed by atoms with Gasteiger partial charge in [0, 0.05) is 11.1 Å². The van der Waals surface area contributed by atoms with Crippen LogP contribution in [0.2, 0.25) is 5.02 Å². The molecule has 0 aliphatic heterocycles. The second-order valence-electron chi connectivity index (χ2n) is 4.94. The number of benzene rings is 1. The third kappa shape index (κ3) is 2.85. The van der Waals surface area contributed by atoms with Gasteiger partial charge in [0.25, 0.3) is 5.91 Å². The van der Waals surface area contributed by atoms with Gasteiger partial charge in [-0.15, -0.1) is 0 Å². The van der Waals surface area contributed by atoms with Crippen LogP contribution in [-0.4, -0.2) is 24.2 Å². The quantitative estimate of drug-likeness (QED) is 0.650. The van der Waals surface area contributed by atoms with E-state index in [4.69, 9.17) is 16.3 Å². The average molecular weight is 372 g/mol. The normalized spacial score (nSPS) is 11.2.